The van der Waals surface area contributed by atoms with Crippen LogP contribution in [0.4, 0.5) is 11.4 Å². The number of anilines is 2. The number of ether oxygens (including phenoxy) is 1. The molecule has 3 aliphatic rings. The summed E-state index contributed by atoms with van der Waals surface area (Å²) in [5, 5.41) is 17.7. The van der Waals surface area contributed by atoms with Gasteiger partial charge in [-0.2, -0.15) is 0 Å². The van der Waals surface area contributed by atoms with Crippen LogP contribution in [0.2, 0.25) is 0 Å². The number of hydrogen-bond acceptors (Lipinski definition) is 9. The van der Waals surface area contributed by atoms with Gasteiger partial charge in [0.25, 0.3) is 17.7 Å². The second-order valence-electron chi connectivity index (χ2n) is 14.3. The van der Waals surface area contributed by atoms with E-state index in [1.165, 1.54) is 11.1 Å². The topological polar surface area (TPSA) is 208 Å². The van der Waals surface area contributed by atoms with Gasteiger partial charge in [0, 0.05) is 49.0 Å². The highest BCUT2D eigenvalue weighted by Crippen LogP contribution is 2.33. The normalized spacial score (nSPS) is 14.9. The predicted molar refractivity (Wildman–Crippen MR) is 214 cm³/mol. The quantitative estimate of drug-likeness (QED) is 0.0570. The maximum absolute atomic E-state index is 13.5. The molecule has 14 heteroatoms. The molecule has 4 amide bonds. The van der Waals surface area contributed by atoms with Crippen molar-refractivity contribution in [3.63, 3.8) is 0 Å². The first-order chi connectivity index (χ1) is 26.7. The molecule has 1 unspecified atom stereocenters. The molecule has 0 radical (unpaired) electrons. The molecule has 1 aliphatic carbocycles. The number of hydrogen-bond donors (Lipinski definition) is 7. The fraction of sp³-hybridized carbons (Fsp3) is 0.439. The van der Waals surface area contributed by atoms with E-state index in [1.54, 1.807) is 30.3 Å². The molecule has 6 rings (SSSR count). The SMILES string of the molecule is CNCCCC(N)C(=O)NCCCCCCN1Cc2ccc(NC(=O)c3ccc(CN(C(=O)c4ccc5c(c4)OCC(=O)N5)C4CC4)cc3)cc2C1.N=CN. The molecule has 294 valence electrons. The van der Waals surface area contributed by atoms with Crippen molar-refractivity contribution in [1.29, 1.82) is 5.41 Å². The van der Waals surface area contributed by atoms with Gasteiger partial charge in [-0.05, 0) is 118 Å². The van der Waals surface area contributed by atoms with Crippen molar-refractivity contribution in [3.8, 4) is 5.75 Å². The molecule has 3 aromatic carbocycles. The number of nitrogens with two attached hydrogens (primary N) is 2. The molecule has 1 fully saturated rings. The average molecular weight is 754 g/mol. The lowest BCUT2D eigenvalue weighted by atomic mass is 10.1. The highest BCUT2D eigenvalue weighted by molar-refractivity contribution is 6.04. The van der Waals surface area contributed by atoms with Crippen LogP contribution in [-0.2, 0) is 29.2 Å². The molecule has 0 aromatic heterocycles. The molecule has 9 N–H and O–H groups in total. The van der Waals surface area contributed by atoms with Gasteiger partial charge in [0.2, 0.25) is 5.91 Å². The number of rotatable bonds is 18. The minimum absolute atomic E-state index is 0.0566. The van der Waals surface area contributed by atoms with Crippen molar-refractivity contribution < 1.29 is 23.9 Å². The third-order valence-corrected chi connectivity index (χ3v) is 9.91. The first-order valence-corrected chi connectivity index (χ1v) is 19.2. The Morgan fingerprint density at radius 1 is 0.964 bits per heavy atom. The first-order valence-electron chi connectivity index (χ1n) is 19.2. The second kappa shape index (κ2) is 20.4. The summed E-state index contributed by atoms with van der Waals surface area (Å²) in [6.07, 6.45) is 8.48. The van der Waals surface area contributed by atoms with Crippen molar-refractivity contribution in [2.45, 2.75) is 83.1 Å². The fourth-order valence-electron chi connectivity index (χ4n) is 6.78. The van der Waals surface area contributed by atoms with Gasteiger partial charge < -0.3 is 42.4 Å². The molecule has 3 aromatic rings. The number of carbonyl (C=O) groups excluding carboxylic acids is 4. The van der Waals surface area contributed by atoms with E-state index < -0.39 is 6.04 Å². The number of unbranched alkanes of at least 4 members (excludes halogenated alkanes) is 3. The molecule has 0 bridgehead atoms. The lowest BCUT2D eigenvalue weighted by Crippen LogP contribution is -2.41. The molecule has 2 aliphatic heterocycles. The Labute approximate surface area is 323 Å². The zero-order chi connectivity index (χ0) is 39.2. The molecule has 55 heavy (non-hydrogen) atoms. The predicted octanol–water partition coefficient (Wildman–Crippen LogP) is 3.95. The van der Waals surface area contributed by atoms with Gasteiger partial charge in [-0.25, -0.2) is 0 Å². The molecule has 0 saturated heterocycles. The fourth-order valence-corrected chi connectivity index (χ4v) is 6.78. The Morgan fingerprint density at radius 3 is 2.44 bits per heavy atom. The Hall–Kier alpha value is -5.31. The minimum Gasteiger partial charge on any atom is -0.482 e. The summed E-state index contributed by atoms with van der Waals surface area (Å²) in [4.78, 5) is 54.7. The van der Waals surface area contributed by atoms with Crippen LogP contribution in [0.5, 0.6) is 5.75 Å². The van der Waals surface area contributed by atoms with Gasteiger partial charge in [0.05, 0.1) is 18.1 Å². The van der Waals surface area contributed by atoms with Crippen molar-refractivity contribution in [3.05, 3.63) is 88.5 Å². The molecule has 1 saturated carbocycles. The van der Waals surface area contributed by atoms with Gasteiger partial charge in [-0.15, -0.1) is 0 Å². The van der Waals surface area contributed by atoms with Crippen molar-refractivity contribution >= 4 is 41.3 Å². The van der Waals surface area contributed by atoms with Crippen LogP contribution >= 0.6 is 0 Å². The van der Waals surface area contributed by atoms with Gasteiger partial charge in [0.15, 0.2) is 6.61 Å². The Balaban J connectivity index is 0.00000187. The number of fused-ring (bicyclic) bond motifs is 2. The highest BCUT2D eigenvalue weighted by Gasteiger charge is 2.33. The van der Waals surface area contributed by atoms with Crippen molar-refractivity contribution in [2.24, 2.45) is 11.5 Å². The number of carbonyl (C=O) groups is 4. The van der Waals surface area contributed by atoms with Crippen molar-refractivity contribution in [1.82, 2.24) is 20.4 Å². The minimum atomic E-state index is -0.433. The van der Waals surface area contributed by atoms with E-state index >= 15 is 0 Å². The standard InChI is InChI=1S/C40H51N7O5.CH4N2/c1-42-18-6-7-34(41)39(50)43-19-4-2-3-5-20-46-24-30-12-14-32(21-31(30)25-46)44-38(49)28-10-8-27(9-11-28)23-47(33-15-16-33)40(51)29-13-17-35-36(22-29)52-26-37(48)45-35;2-1-3/h8-14,17,21-22,33-34,42H,2-7,15-16,18-20,23-26,41H2,1H3,(H,43,50)(H,44,49)(H,45,48);1H,(H3,2,3). The van der Waals surface area contributed by atoms with E-state index in [0.717, 1.165) is 88.7 Å². The van der Waals surface area contributed by atoms with Gasteiger partial charge in [-0.1, -0.05) is 31.0 Å². The molecule has 14 nitrogen and oxygen atoms in total. The summed E-state index contributed by atoms with van der Waals surface area (Å²) in [7, 11) is 1.90. The van der Waals surface area contributed by atoms with Gasteiger partial charge in [0.1, 0.15) is 5.75 Å². The lowest BCUT2D eigenvalue weighted by molar-refractivity contribution is -0.122. The number of nitrogens with zero attached hydrogens (tertiary/aromatic N) is 2. The molecular weight excluding hydrogens is 699 g/mol. The molecule has 0 spiro atoms. The maximum atomic E-state index is 13.5. The van der Waals surface area contributed by atoms with E-state index in [-0.39, 0.29) is 36.3 Å². The zero-order valence-corrected chi connectivity index (χ0v) is 31.7. The van der Waals surface area contributed by atoms with Crippen LogP contribution in [0.3, 0.4) is 0 Å². The van der Waals surface area contributed by atoms with Crippen LogP contribution in [-0.4, -0.2) is 85.1 Å². The van der Waals surface area contributed by atoms with Crippen LogP contribution in [0.15, 0.2) is 60.7 Å². The summed E-state index contributed by atoms with van der Waals surface area (Å²) in [6.45, 7) is 4.69. The molecular formula is C41H55N9O5. The largest absolute Gasteiger partial charge is 0.482 e. The van der Waals surface area contributed by atoms with Crippen LogP contribution < -0.4 is 37.5 Å². The van der Waals surface area contributed by atoms with Gasteiger partial charge in [-0.3, -0.25) is 29.5 Å². The number of benzene rings is 3. The van der Waals surface area contributed by atoms with E-state index in [4.69, 9.17) is 15.9 Å². The van der Waals surface area contributed by atoms with Crippen LogP contribution in [0.1, 0.15) is 88.8 Å². The monoisotopic (exact) mass is 753 g/mol. The smallest absolute Gasteiger partial charge is 0.262 e. The highest BCUT2D eigenvalue weighted by atomic mass is 16.5. The molecule has 2 heterocycles. The summed E-state index contributed by atoms with van der Waals surface area (Å²) >= 11 is 0. The van der Waals surface area contributed by atoms with E-state index in [2.05, 4.69) is 44.0 Å². The Morgan fingerprint density at radius 2 is 1.69 bits per heavy atom. The third kappa shape index (κ3) is 12.1. The number of nitrogens with one attached hydrogen (secondary N) is 5. The Kier molecular flexibility index (Phi) is 15.2. The summed E-state index contributed by atoms with van der Waals surface area (Å²) in [6, 6.07) is 18.4. The summed E-state index contributed by atoms with van der Waals surface area (Å²) in [5.74, 6) is -0.0340. The third-order valence-electron chi connectivity index (χ3n) is 9.91. The maximum Gasteiger partial charge on any atom is 0.262 e. The average Bonchev–Trinajstić information content (AvgIpc) is 3.95. The zero-order valence-electron chi connectivity index (χ0n) is 31.7. The van der Waals surface area contributed by atoms with E-state index in [0.29, 0.717) is 42.1 Å². The molecule has 1 atom stereocenters. The second-order valence-corrected chi connectivity index (χ2v) is 14.3. The van der Waals surface area contributed by atoms with E-state index in [9.17, 15) is 19.2 Å². The Bertz CT molecular complexity index is 1800. The van der Waals surface area contributed by atoms with E-state index in [1.807, 2.05) is 30.1 Å². The first kappa shape index (κ1) is 40.9. The lowest BCUT2D eigenvalue weighted by Gasteiger charge is -2.24. The van der Waals surface area contributed by atoms with Crippen LogP contribution in [0.25, 0.3) is 0 Å². The van der Waals surface area contributed by atoms with Crippen LogP contribution in [0, 0.1) is 5.41 Å². The summed E-state index contributed by atoms with van der Waals surface area (Å²) in [5.41, 5.74) is 16.2. The summed E-state index contributed by atoms with van der Waals surface area (Å²) < 4.78 is 5.52. The number of amides is 4. The van der Waals surface area contributed by atoms with Gasteiger partial charge >= 0.3 is 0 Å². The van der Waals surface area contributed by atoms with Crippen molar-refractivity contribution in [2.75, 3.05) is 43.9 Å².